The van der Waals surface area contributed by atoms with Crippen molar-refractivity contribution in [1.29, 1.82) is 0 Å². The summed E-state index contributed by atoms with van der Waals surface area (Å²) in [6.07, 6.45) is 0.175. The second kappa shape index (κ2) is 6.25. The molecule has 2 N–H and O–H groups in total. The van der Waals surface area contributed by atoms with E-state index in [-0.39, 0.29) is 0 Å². The van der Waals surface area contributed by atoms with Crippen LogP contribution >= 0.6 is 0 Å². The lowest BCUT2D eigenvalue weighted by Gasteiger charge is -2.19. The van der Waals surface area contributed by atoms with Crippen molar-refractivity contribution in [3.8, 4) is 5.75 Å². The number of carboxylic acids is 1. The van der Waals surface area contributed by atoms with Gasteiger partial charge in [-0.05, 0) is 24.1 Å². The van der Waals surface area contributed by atoms with E-state index in [0.717, 1.165) is 6.42 Å². The zero-order chi connectivity index (χ0) is 12.8. The van der Waals surface area contributed by atoms with Crippen LogP contribution in [0.1, 0.15) is 31.4 Å². The zero-order valence-electron chi connectivity index (χ0n) is 10.1. The summed E-state index contributed by atoms with van der Waals surface area (Å²) in [6.45, 7) is 1.90. The highest BCUT2D eigenvalue weighted by Gasteiger charge is 2.26. The standard InChI is InChI=1S/C13H18O4/c1-3-5-11(13(15)16)12(14)9-6-4-7-10(8-9)17-2/h4,6-8,11-12,14H,3,5H2,1-2H3,(H,15,16). The molecule has 2 atom stereocenters. The van der Waals surface area contributed by atoms with Gasteiger partial charge in [0.25, 0.3) is 0 Å². The van der Waals surface area contributed by atoms with Gasteiger partial charge in [0.2, 0.25) is 0 Å². The largest absolute Gasteiger partial charge is 0.497 e. The number of rotatable bonds is 6. The van der Waals surface area contributed by atoms with E-state index in [1.165, 1.54) is 7.11 Å². The number of aliphatic carboxylic acids is 1. The average molecular weight is 238 g/mol. The van der Waals surface area contributed by atoms with Crippen molar-refractivity contribution in [2.45, 2.75) is 25.9 Å². The molecule has 0 fully saturated rings. The van der Waals surface area contributed by atoms with E-state index in [1.807, 2.05) is 6.92 Å². The molecule has 0 aromatic heterocycles. The number of hydrogen-bond donors (Lipinski definition) is 2. The highest BCUT2D eigenvalue weighted by Crippen LogP contribution is 2.28. The maximum absolute atomic E-state index is 11.1. The van der Waals surface area contributed by atoms with Gasteiger partial charge in [0, 0.05) is 0 Å². The number of ether oxygens (including phenoxy) is 1. The van der Waals surface area contributed by atoms with Crippen LogP contribution in [0.3, 0.4) is 0 Å². The van der Waals surface area contributed by atoms with Crippen molar-refractivity contribution >= 4 is 5.97 Å². The first kappa shape index (κ1) is 13.5. The first-order valence-corrected chi connectivity index (χ1v) is 5.65. The molecule has 0 spiro atoms. The highest BCUT2D eigenvalue weighted by molar-refractivity contribution is 5.71. The minimum atomic E-state index is -0.998. The molecule has 2 unspecified atom stereocenters. The van der Waals surface area contributed by atoms with Gasteiger partial charge >= 0.3 is 5.97 Å². The molecule has 1 aromatic rings. The van der Waals surface area contributed by atoms with Crippen molar-refractivity contribution in [3.05, 3.63) is 29.8 Å². The number of carbonyl (C=O) groups is 1. The zero-order valence-corrected chi connectivity index (χ0v) is 10.1. The molecule has 0 aliphatic heterocycles. The van der Waals surface area contributed by atoms with Crippen LogP contribution in [0.25, 0.3) is 0 Å². The van der Waals surface area contributed by atoms with E-state index in [4.69, 9.17) is 9.84 Å². The van der Waals surface area contributed by atoms with E-state index >= 15 is 0 Å². The Balaban J connectivity index is 2.91. The second-order valence-corrected chi connectivity index (χ2v) is 3.95. The Morgan fingerprint density at radius 2 is 2.18 bits per heavy atom. The van der Waals surface area contributed by atoms with Crippen LogP contribution in [0.15, 0.2) is 24.3 Å². The molecule has 0 heterocycles. The Kier molecular flexibility index (Phi) is 4.97. The van der Waals surface area contributed by atoms with Gasteiger partial charge in [-0.3, -0.25) is 4.79 Å². The van der Waals surface area contributed by atoms with Crippen LogP contribution in [-0.4, -0.2) is 23.3 Å². The lowest BCUT2D eigenvalue weighted by atomic mass is 9.92. The Labute approximate surface area is 101 Å². The average Bonchev–Trinajstić information content (AvgIpc) is 2.34. The summed E-state index contributed by atoms with van der Waals surface area (Å²) in [7, 11) is 1.53. The normalized spacial score (nSPS) is 14.1. The molecule has 0 amide bonds. The van der Waals surface area contributed by atoms with E-state index < -0.39 is 18.0 Å². The molecule has 17 heavy (non-hydrogen) atoms. The molecule has 1 rings (SSSR count). The molecule has 0 saturated heterocycles. The van der Waals surface area contributed by atoms with Crippen molar-refractivity contribution in [2.24, 2.45) is 5.92 Å². The molecule has 4 nitrogen and oxygen atoms in total. The van der Waals surface area contributed by atoms with E-state index in [9.17, 15) is 9.90 Å². The van der Waals surface area contributed by atoms with Gasteiger partial charge in [-0.1, -0.05) is 25.5 Å². The summed E-state index contributed by atoms with van der Waals surface area (Å²) < 4.78 is 5.05. The maximum atomic E-state index is 11.1. The Bertz CT molecular complexity index is 375. The fourth-order valence-corrected chi connectivity index (χ4v) is 1.79. The fraction of sp³-hybridized carbons (Fsp3) is 0.462. The van der Waals surface area contributed by atoms with Crippen LogP contribution in [-0.2, 0) is 4.79 Å². The first-order chi connectivity index (χ1) is 8.10. The number of benzene rings is 1. The first-order valence-electron chi connectivity index (χ1n) is 5.65. The molecule has 94 valence electrons. The highest BCUT2D eigenvalue weighted by atomic mass is 16.5. The van der Waals surface area contributed by atoms with Crippen molar-refractivity contribution in [3.63, 3.8) is 0 Å². The summed E-state index contributed by atoms with van der Waals surface area (Å²) in [6, 6.07) is 6.86. The number of hydrogen-bond acceptors (Lipinski definition) is 3. The molecule has 0 saturated carbocycles. The van der Waals surface area contributed by atoms with Crippen LogP contribution < -0.4 is 4.74 Å². The Morgan fingerprint density at radius 3 is 2.71 bits per heavy atom. The molecule has 0 radical (unpaired) electrons. The van der Waals surface area contributed by atoms with Gasteiger partial charge in [-0.2, -0.15) is 0 Å². The molecular weight excluding hydrogens is 220 g/mol. The van der Waals surface area contributed by atoms with Gasteiger partial charge in [0.1, 0.15) is 5.75 Å². The molecular formula is C13H18O4. The van der Waals surface area contributed by atoms with Gasteiger partial charge < -0.3 is 14.9 Å². The molecule has 0 bridgehead atoms. The monoisotopic (exact) mass is 238 g/mol. The maximum Gasteiger partial charge on any atom is 0.309 e. The summed E-state index contributed by atoms with van der Waals surface area (Å²) >= 11 is 0. The van der Waals surface area contributed by atoms with Crippen molar-refractivity contribution in [2.75, 3.05) is 7.11 Å². The molecule has 0 aliphatic rings. The van der Waals surface area contributed by atoms with E-state index in [0.29, 0.717) is 17.7 Å². The van der Waals surface area contributed by atoms with Crippen LogP contribution in [0.4, 0.5) is 0 Å². The fourth-order valence-electron chi connectivity index (χ4n) is 1.79. The lowest BCUT2D eigenvalue weighted by Crippen LogP contribution is -2.21. The predicted molar refractivity (Wildman–Crippen MR) is 64.0 cm³/mol. The van der Waals surface area contributed by atoms with Crippen LogP contribution in [0, 0.1) is 5.92 Å². The molecule has 4 heteroatoms. The summed E-state index contributed by atoms with van der Waals surface area (Å²) in [5.74, 6) is -1.13. The number of aliphatic hydroxyl groups excluding tert-OH is 1. The van der Waals surface area contributed by atoms with Gasteiger partial charge in [-0.25, -0.2) is 0 Å². The third-order valence-corrected chi connectivity index (χ3v) is 2.73. The van der Waals surface area contributed by atoms with E-state index in [2.05, 4.69) is 0 Å². The minimum absolute atomic E-state index is 0.452. The smallest absolute Gasteiger partial charge is 0.309 e. The number of methoxy groups -OCH3 is 1. The van der Waals surface area contributed by atoms with Gasteiger partial charge in [-0.15, -0.1) is 0 Å². The SMILES string of the molecule is CCCC(C(=O)O)C(O)c1cccc(OC)c1. The van der Waals surface area contributed by atoms with Gasteiger partial charge in [0.15, 0.2) is 0 Å². The molecule has 1 aromatic carbocycles. The lowest BCUT2D eigenvalue weighted by molar-refractivity contribution is -0.146. The summed E-state index contributed by atoms with van der Waals surface area (Å²) in [5.41, 5.74) is 0.574. The third kappa shape index (κ3) is 3.46. The van der Waals surface area contributed by atoms with Crippen molar-refractivity contribution < 1.29 is 19.7 Å². The van der Waals surface area contributed by atoms with Crippen molar-refractivity contribution in [1.82, 2.24) is 0 Å². The number of carboxylic acid groups (broad SMARTS) is 1. The topological polar surface area (TPSA) is 66.8 Å². The number of aliphatic hydroxyl groups is 1. The Morgan fingerprint density at radius 1 is 1.47 bits per heavy atom. The van der Waals surface area contributed by atoms with Crippen LogP contribution in [0.5, 0.6) is 5.75 Å². The van der Waals surface area contributed by atoms with Gasteiger partial charge in [0.05, 0.1) is 19.1 Å². The predicted octanol–water partition coefficient (Wildman–Crippen LogP) is 2.23. The summed E-state index contributed by atoms with van der Waals surface area (Å²) in [4.78, 5) is 11.1. The van der Waals surface area contributed by atoms with E-state index in [1.54, 1.807) is 24.3 Å². The van der Waals surface area contributed by atoms with Crippen LogP contribution in [0.2, 0.25) is 0 Å². The Hall–Kier alpha value is -1.55. The quantitative estimate of drug-likeness (QED) is 0.797. The second-order valence-electron chi connectivity index (χ2n) is 3.95. The third-order valence-electron chi connectivity index (χ3n) is 2.73. The summed E-state index contributed by atoms with van der Waals surface area (Å²) in [5, 5.41) is 19.1. The minimum Gasteiger partial charge on any atom is -0.497 e. The molecule has 0 aliphatic carbocycles.